The number of anilines is 1. The minimum absolute atomic E-state index is 0.0608. The summed E-state index contributed by atoms with van der Waals surface area (Å²) in [6.07, 6.45) is -4.06. The van der Waals surface area contributed by atoms with E-state index >= 15 is 0 Å². The van der Waals surface area contributed by atoms with E-state index in [0.29, 0.717) is 17.3 Å². The highest BCUT2D eigenvalue weighted by molar-refractivity contribution is 8.00. The van der Waals surface area contributed by atoms with Crippen LogP contribution in [0.1, 0.15) is 12.0 Å². The van der Waals surface area contributed by atoms with Gasteiger partial charge in [-0.3, -0.25) is 14.6 Å². The highest BCUT2D eigenvalue weighted by Crippen LogP contribution is 2.36. The van der Waals surface area contributed by atoms with E-state index in [0.717, 1.165) is 14.9 Å². The predicted octanol–water partition coefficient (Wildman–Crippen LogP) is 4.68. The largest absolute Gasteiger partial charge is 0.417 e. The highest BCUT2D eigenvalue weighted by Gasteiger charge is 2.42. The van der Waals surface area contributed by atoms with Gasteiger partial charge in [0.1, 0.15) is 0 Å². The van der Waals surface area contributed by atoms with Gasteiger partial charge in [0.05, 0.1) is 22.3 Å². The summed E-state index contributed by atoms with van der Waals surface area (Å²) in [5.41, 5.74) is -1.02. The Hall–Kier alpha value is -1.97. The molecule has 0 N–H and O–H groups in total. The van der Waals surface area contributed by atoms with Crippen LogP contribution in [0.25, 0.3) is 0 Å². The third kappa shape index (κ3) is 4.21. The number of hydrogen-bond donors (Lipinski definition) is 0. The zero-order chi connectivity index (χ0) is 20.6. The molecule has 2 aromatic rings. The molecule has 1 aliphatic rings. The fourth-order valence-electron chi connectivity index (χ4n) is 2.59. The molecule has 0 unspecified atom stereocenters. The quantitative estimate of drug-likeness (QED) is 0.634. The van der Waals surface area contributed by atoms with Crippen molar-refractivity contribution in [1.82, 2.24) is 9.99 Å². The van der Waals surface area contributed by atoms with E-state index in [9.17, 15) is 22.8 Å². The Kier molecular flexibility index (Phi) is 5.79. The molecule has 2 amide bonds. The van der Waals surface area contributed by atoms with E-state index in [1.54, 1.807) is 24.3 Å². The minimum atomic E-state index is -4.60. The second-order valence-electron chi connectivity index (χ2n) is 5.86. The first-order valence-electron chi connectivity index (χ1n) is 7.83. The van der Waals surface area contributed by atoms with Crippen LogP contribution in [0.3, 0.4) is 0 Å². The van der Waals surface area contributed by atoms with E-state index < -0.39 is 28.8 Å². The summed E-state index contributed by atoms with van der Waals surface area (Å²) in [6, 6.07) is 7.49. The molecule has 0 aliphatic carbocycles. The van der Waals surface area contributed by atoms with Crippen molar-refractivity contribution in [2.24, 2.45) is 0 Å². The third-order valence-electron chi connectivity index (χ3n) is 3.93. The fraction of sp³-hybridized carbons (Fsp3) is 0.235. The third-order valence-corrected chi connectivity index (χ3v) is 5.66. The van der Waals surface area contributed by atoms with Gasteiger partial charge >= 0.3 is 6.18 Å². The van der Waals surface area contributed by atoms with Gasteiger partial charge in [-0.25, -0.2) is 4.98 Å². The van der Waals surface area contributed by atoms with Crippen molar-refractivity contribution >= 4 is 52.6 Å². The molecule has 148 valence electrons. The molecule has 1 saturated heterocycles. The maximum Gasteiger partial charge on any atom is 0.417 e. The molecular weight excluding hydrogens is 438 g/mol. The van der Waals surface area contributed by atoms with E-state index in [2.05, 4.69) is 4.98 Å². The average Bonchev–Trinajstić information content (AvgIpc) is 2.89. The zero-order valence-corrected chi connectivity index (χ0v) is 16.5. The molecule has 28 heavy (non-hydrogen) atoms. The molecule has 11 heteroatoms. The zero-order valence-electron chi connectivity index (χ0n) is 14.2. The first-order chi connectivity index (χ1) is 13.1. The van der Waals surface area contributed by atoms with Gasteiger partial charge in [-0.2, -0.15) is 18.2 Å². The molecule has 0 spiro atoms. The smallest absolute Gasteiger partial charge is 0.272 e. The Balaban J connectivity index is 1.80. The van der Waals surface area contributed by atoms with E-state index in [4.69, 9.17) is 23.2 Å². The number of carbonyl (C=O) groups excluding carboxylic acids is 2. The first-order valence-corrected chi connectivity index (χ1v) is 9.47. The van der Waals surface area contributed by atoms with Crippen LogP contribution in [0.15, 0.2) is 41.4 Å². The number of alkyl halides is 3. The normalized spacial score (nSPS) is 17.4. The predicted molar refractivity (Wildman–Crippen MR) is 100 cm³/mol. The summed E-state index contributed by atoms with van der Waals surface area (Å²) in [7, 11) is 1.34. The van der Waals surface area contributed by atoms with Crippen molar-refractivity contribution in [3.8, 4) is 0 Å². The summed E-state index contributed by atoms with van der Waals surface area (Å²) in [6.45, 7) is 0. The van der Waals surface area contributed by atoms with Crippen molar-refractivity contribution in [3.05, 3.63) is 52.1 Å². The molecule has 1 aromatic heterocycles. The summed E-state index contributed by atoms with van der Waals surface area (Å²) >= 11 is 12.9. The lowest BCUT2D eigenvalue weighted by Gasteiger charge is -2.28. The second kappa shape index (κ2) is 7.81. The van der Waals surface area contributed by atoms with Gasteiger partial charge < -0.3 is 0 Å². The van der Waals surface area contributed by atoms with Gasteiger partial charge in [0.25, 0.3) is 5.91 Å². The van der Waals surface area contributed by atoms with Crippen molar-refractivity contribution in [3.63, 3.8) is 0 Å². The molecule has 0 saturated carbocycles. The van der Waals surface area contributed by atoms with Crippen LogP contribution in [-0.2, 0) is 15.8 Å². The molecule has 0 bridgehead atoms. The summed E-state index contributed by atoms with van der Waals surface area (Å²) in [5, 5.41) is 1.45. The minimum Gasteiger partial charge on any atom is -0.272 e. The SMILES string of the molecule is CN(c1ncc(C(F)(F)F)cc1Cl)N1C(=O)C[C@@H](Sc2ccc(Cl)cc2)C1=O. The topological polar surface area (TPSA) is 53.5 Å². The van der Waals surface area contributed by atoms with Gasteiger partial charge in [-0.05, 0) is 30.3 Å². The standard InChI is InChI=1S/C17H12Cl2F3N3O2S/c1-24(15-12(19)6-9(8-23-15)17(20,21)22)25-14(26)7-13(16(25)27)28-11-4-2-10(18)3-5-11/h2-6,8,13H,7H2,1H3/t13-/m1/s1. The molecule has 1 fully saturated rings. The Morgan fingerprint density at radius 2 is 1.86 bits per heavy atom. The molecule has 0 radical (unpaired) electrons. The summed E-state index contributed by atoms with van der Waals surface area (Å²) in [5.74, 6) is -1.14. The molecule has 1 aliphatic heterocycles. The van der Waals surface area contributed by atoms with E-state index in [1.165, 1.54) is 18.8 Å². The highest BCUT2D eigenvalue weighted by atomic mass is 35.5. The number of pyridine rings is 1. The maximum atomic E-state index is 12.8. The van der Waals surface area contributed by atoms with Crippen molar-refractivity contribution in [2.75, 3.05) is 12.1 Å². The number of benzene rings is 1. The lowest BCUT2D eigenvalue weighted by molar-refractivity contribution is -0.139. The molecule has 5 nitrogen and oxygen atoms in total. The van der Waals surface area contributed by atoms with Crippen molar-refractivity contribution in [2.45, 2.75) is 22.7 Å². The van der Waals surface area contributed by atoms with Crippen LogP contribution < -0.4 is 5.01 Å². The van der Waals surface area contributed by atoms with Crippen molar-refractivity contribution in [1.29, 1.82) is 0 Å². The van der Waals surface area contributed by atoms with Crippen LogP contribution >= 0.6 is 35.0 Å². The number of thioether (sulfide) groups is 1. The summed E-state index contributed by atoms with van der Waals surface area (Å²) < 4.78 is 38.3. The number of rotatable bonds is 4. The van der Waals surface area contributed by atoms with Crippen LogP contribution in [0.5, 0.6) is 0 Å². The van der Waals surface area contributed by atoms with Gasteiger partial charge in [-0.15, -0.1) is 11.8 Å². The van der Waals surface area contributed by atoms with E-state index in [-0.39, 0.29) is 17.3 Å². The molecule has 1 aromatic carbocycles. The molecule has 2 heterocycles. The number of aromatic nitrogens is 1. The van der Waals surface area contributed by atoms with Gasteiger partial charge in [-0.1, -0.05) is 23.2 Å². The van der Waals surface area contributed by atoms with Crippen LogP contribution in [0.4, 0.5) is 19.0 Å². The lowest BCUT2D eigenvalue weighted by Crippen LogP contribution is -2.45. The lowest BCUT2D eigenvalue weighted by atomic mass is 10.3. The second-order valence-corrected chi connectivity index (χ2v) is 7.98. The Morgan fingerprint density at radius 3 is 2.43 bits per heavy atom. The number of amides is 2. The Bertz CT molecular complexity index is 925. The fourth-order valence-corrected chi connectivity index (χ4v) is 4.06. The van der Waals surface area contributed by atoms with Gasteiger partial charge in [0.15, 0.2) is 5.82 Å². The van der Waals surface area contributed by atoms with Crippen LogP contribution in [0, 0.1) is 0 Å². The maximum absolute atomic E-state index is 12.8. The number of hydrazine groups is 1. The van der Waals surface area contributed by atoms with Crippen LogP contribution in [-0.4, -0.2) is 34.1 Å². The molecular formula is C17H12Cl2F3N3O2S. The number of hydrogen-bond acceptors (Lipinski definition) is 5. The molecule has 3 rings (SSSR count). The average molecular weight is 450 g/mol. The number of imide groups is 1. The number of carbonyl (C=O) groups is 2. The number of halogens is 5. The van der Waals surface area contributed by atoms with Crippen molar-refractivity contribution < 1.29 is 22.8 Å². The van der Waals surface area contributed by atoms with E-state index in [1.807, 2.05) is 0 Å². The Morgan fingerprint density at radius 1 is 1.21 bits per heavy atom. The van der Waals surface area contributed by atoms with Crippen LogP contribution in [0.2, 0.25) is 10.0 Å². The summed E-state index contributed by atoms with van der Waals surface area (Å²) in [4.78, 5) is 29.5. The molecule has 1 atom stereocenters. The Labute approximate surface area is 172 Å². The first kappa shape index (κ1) is 20.8. The monoisotopic (exact) mass is 449 g/mol. The van der Waals surface area contributed by atoms with Gasteiger partial charge in [0, 0.05) is 23.2 Å². The number of nitrogens with zero attached hydrogens (tertiary/aromatic N) is 3. The van der Waals surface area contributed by atoms with Gasteiger partial charge in [0.2, 0.25) is 5.91 Å².